The van der Waals surface area contributed by atoms with Crippen LogP contribution in [-0.2, 0) is 9.53 Å². The second-order valence-corrected chi connectivity index (χ2v) is 7.68. The van der Waals surface area contributed by atoms with Crippen molar-refractivity contribution in [1.82, 2.24) is 9.97 Å². The van der Waals surface area contributed by atoms with Crippen LogP contribution < -0.4 is 10.5 Å². The number of nitrogens with zero attached hydrogens (tertiary/aromatic N) is 4. The predicted molar refractivity (Wildman–Crippen MR) is 115 cm³/mol. The van der Waals surface area contributed by atoms with Crippen LogP contribution in [-0.4, -0.2) is 46.8 Å². The van der Waals surface area contributed by atoms with E-state index in [0.29, 0.717) is 48.9 Å². The molecule has 10 nitrogen and oxygen atoms in total. The molecule has 1 aliphatic heterocycles. The Balaban J connectivity index is 2.06. The van der Waals surface area contributed by atoms with E-state index >= 15 is 0 Å². The maximum Gasteiger partial charge on any atom is 0.309 e. The molecule has 1 fully saturated rings. The Morgan fingerprint density at radius 2 is 2.16 bits per heavy atom. The van der Waals surface area contributed by atoms with E-state index in [0.717, 1.165) is 0 Å². The number of thioether (sulfide) groups is 1. The van der Waals surface area contributed by atoms with Gasteiger partial charge >= 0.3 is 5.97 Å². The molecule has 0 saturated carbocycles. The van der Waals surface area contributed by atoms with E-state index in [9.17, 15) is 25.0 Å². The normalized spacial score (nSPS) is 14.2. The number of aromatic nitrogens is 2. The van der Waals surface area contributed by atoms with Crippen molar-refractivity contribution in [3.05, 3.63) is 44.2 Å². The fraction of sp³-hybridized carbons (Fsp3) is 0.400. The summed E-state index contributed by atoms with van der Waals surface area (Å²) in [6, 6.07) is 6.17. The summed E-state index contributed by atoms with van der Waals surface area (Å²) in [5.74, 6) is -0.424. The molecule has 0 aliphatic carbocycles. The number of non-ortho nitro benzene ring substituents is 1. The maximum absolute atomic E-state index is 12.4. The van der Waals surface area contributed by atoms with Crippen LogP contribution in [0.15, 0.2) is 28.2 Å². The number of nitrogens with one attached hydrogen (secondary N) is 1. The van der Waals surface area contributed by atoms with E-state index in [4.69, 9.17) is 4.74 Å². The van der Waals surface area contributed by atoms with E-state index in [1.54, 1.807) is 19.2 Å². The number of ether oxygens (including phenoxy) is 1. The number of piperidine rings is 1. The summed E-state index contributed by atoms with van der Waals surface area (Å²) < 4.78 is 5.11. The fourth-order valence-electron chi connectivity index (χ4n) is 3.57. The van der Waals surface area contributed by atoms with Gasteiger partial charge in [0.15, 0.2) is 5.16 Å². The second kappa shape index (κ2) is 9.61. The zero-order chi connectivity index (χ0) is 22.5. The van der Waals surface area contributed by atoms with Gasteiger partial charge in [0, 0.05) is 36.5 Å². The molecule has 1 aromatic heterocycles. The minimum atomic E-state index is -0.602. The molecule has 3 rings (SSSR count). The van der Waals surface area contributed by atoms with Crippen LogP contribution in [0.1, 0.15) is 25.3 Å². The first kappa shape index (κ1) is 22.3. The second-order valence-electron chi connectivity index (χ2n) is 6.88. The number of H-pyrrole nitrogens is 1. The Labute approximate surface area is 182 Å². The van der Waals surface area contributed by atoms with Crippen molar-refractivity contribution in [2.45, 2.75) is 24.9 Å². The molecule has 0 unspecified atom stereocenters. The predicted octanol–water partition coefficient (Wildman–Crippen LogP) is 2.72. The lowest BCUT2D eigenvalue weighted by Crippen LogP contribution is -2.37. The first-order valence-electron chi connectivity index (χ1n) is 9.68. The number of nitro benzene ring substituents is 1. The minimum Gasteiger partial charge on any atom is -0.466 e. The Bertz CT molecular complexity index is 1100. The minimum absolute atomic E-state index is 0.0989. The highest BCUT2D eigenvalue weighted by molar-refractivity contribution is 7.98. The summed E-state index contributed by atoms with van der Waals surface area (Å²) in [5.41, 5.74) is 0.0752. The summed E-state index contributed by atoms with van der Waals surface area (Å²) >= 11 is 1.20. The van der Waals surface area contributed by atoms with Crippen molar-refractivity contribution in [2.24, 2.45) is 5.92 Å². The SMILES string of the molecule is CCOC(=O)C1CCN(c2ccc([N+](=O)[O-])cc2-c2nc(SC)[nH]c(=O)c2C#N)CC1. The third kappa shape index (κ3) is 4.69. The Morgan fingerprint density at radius 3 is 2.74 bits per heavy atom. The highest BCUT2D eigenvalue weighted by Gasteiger charge is 2.29. The number of aromatic amines is 1. The molecule has 1 N–H and O–H groups in total. The van der Waals surface area contributed by atoms with Gasteiger partial charge in [0.05, 0.1) is 23.1 Å². The number of carbonyl (C=O) groups is 1. The number of anilines is 1. The van der Waals surface area contributed by atoms with Crippen molar-refractivity contribution in [3.63, 3.8) is 0 Å². The van der Waals surface area contributed by atoms with E-state index < -0.39 is 10.5 Å². The number of nitriles is 1. The number of hydrogen-bond donors (Lipinski definition) is 1. The van der Waals surface area contributed by atoms with Gasteiger partial charge in [-0.2, -0.15) is 5.26 Å². The molecule has 2 aromatic rings. The summed E-state index contributed by atoms with van der Waals surface area (Å²) in [7, 11) is 0. The third-order valence-electron chi connectivity index (χ3n) is 5.10. The van der Waals surface area contributed by atoms with Crippen molar-refractivity contribution in [1.29, 1.82) is 5.26 Å². The number of nitro groups is 1. The zero-order valence-corrected chi connectivity index (χ0v) is 17.9. The van der Waals surface area contributed by atoms with Gasteiger partial charge < -0.3 is 14.6 Å². The number of carbonyl (C=O) groups excluding carboxylic acids is 1. The standard InChI is InChI=1S/C20H21N5O5S/c1-3-30-19(27)12-6-8-24(9-7-12)16-5-4-13(25(28)29)10-14(16)17-15(11-21)18(26)23-20(22-17)31-2/h4-5,10,12H,3,6-9H2,1-2H3,(H,22,23,26). The highest BCUT2D eigenvalue weighted by atomic mass is 32.2. The lowest BCUT2D eigenvalue weighted by molar-refractivity contribution is -0.384. The van der Waals surface area contributed by atoms with Crippen LogP contribution in [0.2, 0.25) is 0 Å². The maximum atomic E-state index is 12.4. The number of esters is 1. The fourth-order valence-corrected chi connectivity index (χ4v) is 3.94. The Morgan fingerprint density at radius 1 is 1.45 bits per heavy atom. The van der Waals surface area contributed by atoms with Gasteiger partial charge in [0.1, 0.15) is 11.6 Å². The topological polar surface area (TPSA) is 142 Å². The van der Waals surface area contributed by atoms with Crippen LogP contribution in [0.3, 0.4) is 0 Å². The van der Waals surface area contributed by atoms with Gasteiger partial charge in [-0.25, -0.2) is 4.98 Å². The smallest absolute Gasteiger partial charge is 0.309 e. The number of hydrogen-bond acceptors (Lipinski definition) is 9. The molecule has 0 spiro atoms. The van der Waals surface area contributed by atoms with Crippen LogP contribution in [0, 0.1) is 27.4 Å². The third-order valence-corrected chi connectivity index (χ3v) is 5.68. The van der Waals surface area contributed by atoms with Crippen LogP contribution >= 0.6 is 11.8 Å². The molecule has 0 radical (unpaired) electrons. The van der Waals surface area contributed by atoms with Gasteiger partial charge in [-0.15, -0.1) is 0 Å². The van der Waals surface area contributed by atoms with Crippen LogP contribution in [0.4, 0.5) is 11.4 Å². The van der Waals surface area contributed by atoms with Gasteiger partial charge in [-0.1, -0.05) is 11.8 Å². The lowest BCUT2D eigenvalue weighted by atomic mass is 9.95. The molecular formula is C20H21N5O5S. The zero-order valence-electron chi connectivity index (χ0n) is 17.1. The van der Waals surface area contributed by atoms with Crippen LogP contribution in [0.25, 0.3) is 11.3 Å². The Hall–Kier alpha value is -3.39. The largest absolute Gasteiger partial charge is 0.466 e. The summed E-state index contributed by atoms with van der Waals surface area (Å²) in [5, 5.41) is 21.2. The van der Waals surface area contributed by atoms with E-state index in [-0.39, 0.29) is 28.8 Å². The molecule has 1 saturated heterocycles. The molecule has 0 bridgehead atoms. The average Bonchev–Trinajstić information content (AvgIpc) is 2.78. The van der Waals surface area contributed by atoms with Crippen LogP contribution in [0.5, 0.6) is 0 Å². The van der Waals surface area contributed by atoms with Gasteiger partial charge in [-0.05, 0) is 32.1 Å². The molecular weight excluding hydrogens is 422 g/mol. The Kier molecular flexibility index (Phi) is 6.91. The quantitative estimate of drug-likeness (QED) is 0.234. The van der Waals surface area contributed by atoms with Crippen molar-refractivity contribution in [2.75, 3.05) is 30.9 Å². The van der Waals surface area contributed by atoms with Crippen molar-refractivity contribution in [3.8, 4) is 17.3 Å². The summed E-state index contributed by atoms with van der Waals surface area (Å²) in [6.45, 7) is 3.14. The number of benzene rings is 1. The van der Waals surface area contributed by atoms with E-state index in [2.05, 4.69) is 9.97 Å². The highest BCUT2D eigenvalue weighted by Crippen LogP contribution is 2.36. The van der Waals surface area contributed by atoms with Crippen molar-refractivity contribution < 1.29 is 14.5 Å². The van der Waals surface area contributed by atoms with E-state index in [1.807, 2.05) is 11.0 Å². The summed E-state index contributed by atoms with van der Waals surface area (Å²) in [6.07, 6.45) is 2.86. The molecule has 11 heteroatoms. The first-order chi connectivity index (χ1) is 14.9. The first-order valence-corrected chi connectivity index (χ1v) is 10.9. The lowest BCUT2D eigenvalue weighted by Gasteiger charge is -2.33. The van der Waals surface area contributed by atoms with Gasteiger partial charge in [0.2, 0.25) is 0 Å². The number of rotatable bonds is 6. The molecule has 31 heavy (non-hydrogen) atoms. The molecule has 0 amide bonds. The molecule has 2 heterocycles. The molecule has 0 atom stereocenters. The monoisotopic (exact) mass is 443 g/mol. The van der Waals surface area contributed by atoms with Gasteiger partial charge in [-0.3, -0.25) is 19.7 Å². The van der Waals surface area contributed by atoms with Crippen molar-refractivity contribution >= 4 is 29.1 Å². The average molecular weight is 443 g/mol. The summed E-state index contributed by atoms with van der Waals surface area (Å²) in [4.78, 5) is 44.2. The molecule has 1 aliphatic rings. The molecule has 162 valence electrons. The molecule has 1 aromatic carbocycles. The van der Waals surface area contributed by atoms with E-state index in [1.165, 1.54) is 23.9 Å². The van der Waals surface area contributed by atoms with Gasteiger partial charge in [0.25, 0.3) is 11.2 Å².